The molecule has 2 atom stereocenters. The smallest absolute Gasteiger partial charge is 0.243 e. The van der Waals surface area contributed by atoms with E-state index in [0.717, 1.165) is 18.4 Å². The molecule has 5 rings (SSSR count). The van der Waals surface area contributed by atoms with Gasteiger partial charge in [0.15, 0.2) is 5.82 Å². The normalized spacial score (nSPS) is 14.8. The zero-order chi connectivity index (χ0) is 28.4. The Bertz CT molecular complexity index is 1580. The van der Waals surface area contributed by atoms with Crippen molar-refractivity contribution in [1.29, 1.82) is 0 Å². The van der Waals surface area contributed by atoms with Gasteiger partial charge in [0, 0.05) is 24.4 Å². The first-order chi connectivity index (χ1) is 19.3. The monoisotopic (exact) mass is 565 g/mol. The molecule has 1 aliphatic rings. The number of hydrogen-bond donors (Lipinski definition) is 1. The van der Waals surface area contributed by atoms with Gasteiger partial charge in [-0.2, -0.15) is 0 Å². The van der Waals surface area contributed by atoms with E-state index in [-0.39, 0.29) is 11.8 Å². The summed E-state index contributed by atoms with van der Waals surface area (Å²) in [5.74, 6) is 1.84. The van der Waals surface area contributed by atoms with Crippen molar-refractivity contribution in [2.75, 3.05) is 26.1 Å². The molecule has 13 heteroatoms. The Hall–Kier alpha value is -4.26. The van der Waals surface area contributed by atoms with E-state index in [1.807, 2.05) is 0 Å². The molecule has 0 bridgehead atoms. The van der Waals surface area contributed by atoms with Crippen molar-refractivity contribution in [3.8, 4) is 34.6 Å². The first-order valence-corrected chi connectivity index (χ1v) is 14.3. The standard InChI is InChI=1S/C27H31N7O5S/c1-16(25-28-14-19(15-29-25)18-12-13-18)17(2)40(35,36)33-27-32-31-26(20-8-6-11-23(30-20)39-5)34(27)24-21(37-3)9-7-10-22(24)38-4/h6-11,14-18H,12-13H2,1-5H3,(H,32,33)/t16-,17-/m0/s1. The van der Waals surface area contributed by atoms with Crippen LogP contribution in [0.2, 0.25) is 0 Å². The third-order valence-corrected chi connectivity index (χ3v) is 8.88. The number of pyridine rings is 1. The number of nitrogens with zero attached hydrogens (tertiary/aromatic N) is 6. The second kappa shape index (κ2) is 11.1. The summed E-state index contributed by atoms with van der Waals surface area (Å²) in [5, 5.41) is 7.61. The highest BCUT2D eigenvalue weighted by Crippen LogP contribution is 2.40. The third kappa shape index (κ3) is 5.28. The number of ether oxygens (including phenoxy) is 3. The van der Waals surface area contributed by atoms with Crippen LogP contribution in [0.25, 0.3) is 17.2 Å². The van der Waals surface area contributed by atoms with Crippen molar-refractivity contribution in [2.24, 2.45) is 0 Å². The Morgan fingerprint density at radius 2 is 1.57 bits per heavy atom. The van der Waals surface area contributed by atoms with Gasteiger partial charge in [0.25, 0.3) is 0 Å². The fourth-order valence-corrected chi connectivity index (χ4v) is 5.57. The summed E-state index contributed by atoms with van der Waals surface area (Å²) < 4.78 is 48.0. The van der Waals surface area contributed by atoms with Gasteiger partial charge in [0.05, 0.1) is 26.6 Å². The average molecular weight is 566 g/mol. The average Bonchev–Trinajstić information content (AvgIpc) is 3.76. The molecule has 0 amide bonds. The van der Waals surface area contributed by atoms with Gasteiger partial charge in [-0.1, -0.05) is 19.1 Å². The fourth-order valence-electron chi connectivity index (χ4n) is 4.34. The van der Waals surface area contributed by atoms with Crippen LogP contribution in [0, 0.1) is 0 Å². The van der Waals surface area contributed by atoms with Gasteiger partial charge in [-0.3, -0.25) is 9.29 Å². The first-order valence-electron chi connectivity index (χ1n) is 12.8. The Kier molecular flexibility index (Phi) is 7.57. The predicted octanol–water partition coefficient (Wildman–Crippen LogP) is 3.96. The van der Waals surface area contributed by atoms with Crippen LogP contribution in [0.5, 0.6) is 17.4 Å². The number of rotatable bonds is 11. The van der Waals surface area contributed by atoms with Crippen LogP contribution in [-0.2, 0) is 10.0 Å². The number of methoxy groups -OCH3 is 3. The van der Waals surface area contributed by atoms with E-state index in [2.05, 4.69) is 29.9 Å². The maximum absolute atomic E-state index is 13.7. The number of aromatic nitrogens is 6. The second-order valence-corrected chi connectivity index (χ2v) is 11.6. The highest BCUT2D eigenvalue weighted by atomic mass is 32.2. The molecular formula is C27H31N7O5S. The lowest BCUT2D eigenvalue weighted by Crippen LogP contribution is -2.31. The molecule has 12 nitrogen and oxygen atoms in total. The molecule has 1 saturated carbocycles. The minimum Gasteiger partial charge on any atom is -0.494 e. The van der Waals surface area contributed by atoms with Crippen molar-refractivity contribution in [3.05, 3.63) is 60.2 Å². The highest BCUT2D eigenvalue weighted by Gasteiger charge is 2.33. The fraction of sp³-hybridized carbons (Fsp3) is 0.370. The zero-order valence-corrected chi connectivity index (χ0v) is 23.7. The summed E-state index contributed by atoms with van der Waals surface area (Å²) in [6, 6.07) is 10.4. The van der Waals surface area contributed by atoms with E-state index in [4.69, 9.17) is 14.2 Å². The minimum absolute atomic E-state index is 0.0635. The van der Waals surface area contributed by atoms with Gasteiger partial charge in [-0.05, 0) is 49.4 Å². The van der Waals surface area contributed by atoms with Gasteiger partial charge in [0.1, 0.15) is 28.7 Å². The van der Waals surface area contributed by atoms with Crippen LogP contribution in [0.15, 0.2) is 48.8 Å². The van der Waals surface area contributed by atoms with E-state index < -0.39 is 21.2 Å². The third-order valence-electron chi connectivity index (χ3n) is 7.03. The summed E-state index contributed by atoms with van der Waals surface area (Å²) in [7, 11) is 0.515. The van der Waals surface area contributed by atoms with Crippen molar-refractivity contribution in [2.45, 2.75) is 43.8 Å². The van der Waals surface area contributed by atoms with E-state index in [9.17, 15) is 8.42 Å². The van der Waals surface area contributed by atoms with Crippen LogP contribution in [0.4, 0.5) is 5.95 Å². The molecule has 3 aromatic heterocycles. The number of benzene rings is 1. The Morgan fingerprint density at radius 3 is 2.17 bits per heavy atom. The van der Waals surface area contributed by atoms with Crippen molar-refractivity contribution >= 4 is 16.0 Å². The molecule has 1 fully saturated rings. The maximum Gasteiger partial charge on any atom is 0.243 e. The van der Waals surface area contributed by atoms with E-state index in [1.165, 1.54) is 25.9 Å². The van der Waals surface area contributed by atoms with Crippen LogP contribution in [0.1, 0.15) is 49.9 Å². The topological polar surface area (TPSA) is 143 Å². The SMILES string of the molecule is COc1cccc(-c2nnc(NS(=O)(=O)[C@@H](C)[C@H](C)c3ncc(C4CC4)cn3)n2-c2c(OC)cccc2OC)n1. The zero-order valence-electron chi connectivity index (χ0n) is 22.9. The molecule has 4 aromatic rings. The van der Waals surface area contributed by atoms with Crippen molar-refractivity contribution in [3.63, 3.8) is 0 Å². The molecule has 210 valence electrons. The molecule has 3 heterocycles. The van der Waals surface area contributed by atoms with Gasteiger partial charge in [-0.15, -0.1) is 10.2 Å². The maximum atomic E-state index is 13.7. The summed E-state index contributed by atoms with van der Waals surface area (Å²) >= 11 is 0. The quantitative estimate of drug-likeness (QED) is 0.284. The Morgan fingerprint density at radius 1 is 0.925 bits per heavy atom. The first kappa shape index (κ1) is 27.3. The van der Waals surface area contributed by atoms with Gasteiger partial charge >= 0.3 is 0 Å². The van der Waals surface area contributed by atoms with Crippen LogP contribution < -0.4 is 18.9 Å². The predicted molar refractivity (Wildman–Crippen MR) is 149 cm³/mol. The van der Waals surface area contributed by atoms with Crippen molar-refractivity contribution in [1.82, 2.24) is 29.7 Å². The largest absolute Gasteiger partial charge is 0.494 e. The van der Waals surface area contributed by atoms with E-state index >= 15 is 0 Å². The molecule has 0 aliphatic heterocycles. The second-order valence-electron chi connectivity index (χ2n) is 9.55. The van der Waals surface area contributed by atoms with Gasteiger partial charge in [-0.25, -0.2) is 23.4 Å². The van der Waals surface area contributed by atoms with Gasteiger partial charge < -0.3 is 14.2 Å². The van der Waals surface area contributed by atoms with E-state index in [1.54, 1.807) is 62.6 Å². The van der Waals surface area contributed by atoms with Crippen molar-refractivity contribution < 1.29 is 22.6 Å². The van der Waals surface area contributed by atoms with Gasteiger partial charge in [0.2, 0.25) is 21.9 Å². The summed E-state index contributed by atoms with van der Waals surface area (Å²) in [6.45, 7) is 3.40. The lowest BCUT2D eigenvalue weighted by molar-refractivity contribution is 0.391. The number of hydrogen-bond acceptors (Lipinski definition) is 10. The molecular weight excluding hydrogens is 534 g/mol. The lowest BCUT2D eigenvalue weighted by atomic mass is 10.1. The van der Waals surface area contributed by atoms with E-state index in [0.29, 0.717) is 40.5 Å². The molecule has 1 N–H and O–H groups in total. The Labute approximate surface area is 232 Å². The number of para-hydroxylation sites is 1. The summed E-state index contributed by atoms with van der Waals surface area (Å²) in [5.41, 5.74) is 1.88. The lowest BCUT2D eigenvalue weighted by Gasteiger charge is -2.21. The molecule has 0 saturated heterocycles. The van der Waals surface area contributed by atoms with Crippen LogP contribution >= 0.6 is 0 Å². The number of nitrogens with one attached hydrogen (secondary N) is 1. The Balaban J connectivity index is 1.56. The molecule has 1 aliphatic carbocycles. The summed E-state index contributed by atoms with van der Waals surface area (Å²) in [6.07, 6.45) is 5.86. The molecule has 40 heavy (non-hydrogen) atoms. The molecule has 0 spiro atoms. The minimum atomic E-state index is -4.01. The van der Waals surface area contributed by atoms with Crippen LogP contribution in [-0.4, -0.2) is 64.7 Å². The summed E-state index contributed by atoms with van der Waals surface area (Å²) in [4.78, 5) is 13.4. The number of sulfonamides is 1. The molecule has 1 aromatic carbocycles. The molecule has 0 unspecified atom stereocenters. The number of anilines is 1. The highest BCUT2D eigenvalue weighted by molar-refractivity contribution is 7.93. The van der Waals surface area contributed by atoms with Crippen LogP contribution in [0.3, 0.4) is 0 Å². The molecule has 0 radical (unpaired) electrons.